The van der Waals surface area contributed by atoms with Crippen LogP contribution in [0.2, 0.25) is 5.02 Å². The molecule has 0 aliphatic heterocycles. The van der Waals surface area contributed by atoms with Crippen LogP contribution in [-0.2, 0) is 0 Å². The lowest BCUT2D eigenvalue weighted by Gasteiger charge is -2.03. The van der Waals surface area contributed by atoms with Crippen LogP contribution in [0.5, 0.6) is 0 Å². The number of rotatable bonds is 2. The fourth-order valence-corrected chi connectivity index (χ4v) is 3.78. The Morgan fingerprint density at radius 3 is 1.85 bits per heavy atom. The molecule has 5 aromatic rings. The van der Waals surface area contributed by atoms with Crippen LogP contribution in [0.25, 0.3) is 44.2 Å². The molecule has 0 saturated carbocycles. The molecule has 0 unspecified atom stereocenters. The summed E-state index contributed by atoms with van der Waals surface area (Å²) >= 11 is 6.63. The van der Waals surface area contributed by atoms with Gasteiger partial charge in [-0.25, -0.2) is 0 Å². The highest BCUT2D eigenvalue weighted by Gasteiger charge is 2.13. The van der Waals surface area contributed by atoms with Gasteiger partial charge in [0.2, 0.25) is 0 Å². The smallest absolute Gasteiger partial charge is 0.137 e. The van der Waals surface area contributed by atoms with E-state index in [0.29, 0.717) is 5.02 Å². The van der Waals surface area contributed by atoms with Crippen LogP contribution in [0, 0.1) is 0 Å². The van der Waals surface area contributed by atoms with E-state index < -0.39 is 0 Å². The Morgan fingerprint density at radius 1 is 0.538 bits per heavy atom. The van der Waals surface area contributed by atoms with E-state index in [0.717, 1.165) is 38.6 Å². The molecular weight excluding hydrogens is 340 g/mol. The summed E-state index contributed by atoms with van der Waals surface area (Å²) < 4.78 is 6.17. The first kappa shape index (κ1) is 15.2. The molecule has 5 rings (SSSR count). The van der Waals surface area contributed by atoms with Crippen molar-refractivity contribution in [2.75, 3.05) is 0 Å². The standard InChI is InChI=1S/C24H15ClO/c25-21-13-19(17-9-5-2-6-10-17)15-23-24(21)20-12-11-18(14-22(20)26-23)16-7-3-1-4-8-16/h1-15H. The molecule has 26 heavy (non-hydrogen) atoms. The van der Waals surface area contributed by atoms with Crippen molar-refractivity contribution in [3.8, 4) is 22.3 Å². The van der Waals surface area contributed by atoms with Gasteiger partial charge >= 0.3 is 0 Å². The Bertz CT molecular complexity index is 1220. The third kappa shape index (κ3) is 2.49. The van der Waals surface area contributed by atoms with Crippen molar-refractivity contribution in [2.24, 2.45) is 0 Å². The zero-order valence-electron chi connectivity index (χ0n) is 13.9. The monoisotopic (exact) mass is 354 g/mol. The topological polar surface area (TPSA) is 13.1 Å². The molecule has 2 heteroatoms. The van der Waals surface area contributed by atoms with Gasteiger partial charge in [-0.05, 0) is 46.5 Å². The Balaban J connectivity index is 1.72. The number of hydrogen-bond acceptors (Lipinski definition) is 1. The van der Waals surface area contributed by atoms with Crippen molar-refractivity contribution < 1.29 is 4.42 Å². The molecule has 0 bridgehead atoms. The van der Waals surface area contributed by atoms with Crippen LogP contribution in [0.1, 0.15) is 0 Å². The third-order valence-electron chi connectivity index (χ3n) is 4.74. The molecule has 0 N–H and O–H groups in total. The first-order chi connectivity index (χ1) is 12.8. The number of hydrogen-bond donors (Lipinski definition) is 0. The second kappa shape index (κ2) is 6.05. The van der Waals surface area contributed by atoms with Crippen molar-refractivity contribution in [1.29, 1.82) is 0 Å². The number of fused-ring (bicyclic) bond motifs is 3. The number of furan rings is 1. The van der Waals surface area contributed by atoms with Gasteiger partial charge in [-0.15, -0.1) is 0 Å². The van der Waals surface area contributed by atoms with Crippen LogP contribution >= 0.6 is 11.6 Å². The van der Waals surface area contributed by atoms with Crippen LogP contribution in [0.15, 0.2) is 95.4 Å². The third-order valence-corrected chi connectivity index (χ3v) is 5.04. The molecule has 1 nitrogen and oxygen atoms in total. The van der Waals surface area contributed by atoms with Crippen LogP contribution in [-0.4, -0.2) is 0 Å². The van der Waals surface area contributed by atoms with Gasteiger partial charge in [-0.1, -0.05) is 78.3 Å². The Morgan fingerprint density at radius 2 is 1.15 bits per heavy atom. The summed E-state index contributed by atoms with van der Waals surface area (Å²) in [5, 5.41) is 2.73. The van der Waals surface area contributed by atoms with E-state index >= 15 is 0 Å². The SMILES string of the molecule is Clc1cc(-c2ccccc2)cc2oc3cc(-c4ccccc4)ccc3c12. The molecule has 0 amide bonds. The van der Waals surface area contributed by atoms with Crippen LogP contribution in [0.4, 0.5) is 0 Å². The molecule has 4 aromatic carbocycles. The van der Waals surface area contributed by atoms with E-state index in [9.17, 15) is 0 Å². The van der Waals surface area contributed by atoms with Gasteiger partial charge in [-0.3, -0.25) is 0 Å². The van der Waals surface area contributed by atoms with Gasteiger partial charge in [0.1, 0.15) is 11.2 Å². The fourth-order valence-electron chi connectivity index (χ4n) is 3.46. The number of benzene rings is 4. The summed E-state index contributed by atoms with van der Waals surface area (Å²) in [6.45, 7) is 0. The van der Waals surface area contributed by atoms with E-state index in [1.807, 2.05) is 42.5 Å². The summed E-state index contributed by atoms with van der Waals surface area (Å²) in [6, 6.07) is 30.9. The van der Waals surface area contributed by atoms with Crippen molar-refractivity contribution in [3.63, 3.8) is 0 Å². The molecule has 0 saturated heterocycles. The Hall–Kier alpha value is -3.03. The molecule has 0 aliphatic carbocycles. The van der Waals surface area contributed by atoms with Gasteiger partial charge in [0.25, 0.3) is 0 Å². The molecule has 1 heterocycles. The van der Waals surface area contributed by atoms with E-state index in [2.05, 4.69) is 48.5 Å². The molecular formula is C24H15ClO. The summed E-state index contributed by atoms with van der Waals surface area (Å²) in [5.41, 5.74) is 6.17. The second-order valence-electron chi connectivity index (χ2n) is 6.38. The highest BCUT2D eigenvalue weighted by atomic mass is 35.5. The first-order valence-corrected chi connectivity index (χ1v) is 8.94. The molecule has 0 fully saturated rings. The van der Waals surface area contributed by atoms with Gasteiger partial charge in [0, 0.05) is 10.8 Å². The maximum atomic E-state index is 6.63. The summed E-state index contributed by atoms with van der Waals surface area (Å²) in [4.78, 5) is 0. The lowest BCUT2D eigenvalue weighted by Crippen LogP contribution is -1.78. The fraction of sp³-hybridized carbons (Fsp3) is 0. The Labute approximate surface area is 156 Å². The van der Waals surface area contributed by atoms with Gasteiger partial charge < -0.3 is 4.42 Å². The average Bonchev–Trinajstić information content (AvgIpc) is 3.07. The predicted octanol–water partition coefficient (Wildman–Crippen LogP) is 7.57. The van der Waals surface area contributed by atoms with Crippen molar-refractivity contribution in [2.45, 2.75) is 0 Å². The maximum Gasteiger partial charge on any atom is 0.137 e. The summed E-state index contributed by atoms with van der Waals surface area (Å²) in [7, 11) is 0. The number of halogens is 1. The molecule has 124 valence electrons. The minimum Gasteiger partial charge on any atom is -0.456 e. The normalized spacial score (nSPS) is 11.3. The first-order valence-electron chi connectivity index (χ1n) is 8.56. The lowest BCUT2D eigenvalue weighted by molar-refractivity contribution is 0.669. The summed E-state index contributed by atoms with van der Waals surface area (Å²) in [5.74, 6) is 0. The van der Waals surface area contributed by atoms with Gasteiger partial charge in [0.05, 0.1) is 5.02 Å². The molecule has 0 spiro atoms. The molecule has 1 aromatic heterocycles. The summed E-state index contributed by atoms with van der Waals surface area (Å²) in [6.07, 6.45) is 0. The highest BCUT2D eigenvalue weighted by molar-refractivity contribution is 6.38. The van der Waals surface area contributed by atoms with Crippen LogP contribution in [0.3, 0.4) is 0 Å². The van der Waals surface area contributed by atoms with E-state index in [-0.39, 0.29) is 0 Å². The molecule has 0 atom stereocenters. The predicted molar refractivity (Wildman–Crippen MR) is 110 cm³/mol. The van der Waals surface area contributed by atoms with Crippen molar-refractivity contribution in [1.82, 2.24) is 0 Å². The minimum absolute atomic E-state index is 0.715. The van der Waals surface area contributed by atoms with E-state index in [1.54, 1.807) is 0 Å². The average molecular weight is 355 g/mol. The largest absolute Gasteiger partial charge is 0.456 e. The van der Waals surface area contributed by atoms with Crippen molar-refractivity contribution in [3.05, 3.63) is 96.0 Å². The maximum absolute atomic E-state index is 6.63. The van der Waals surface area contributed by atoms with E-state index in [4.69, 9.17) is 16.0 Å². The second-order valence-corrected chi connectivity index (χ2v) is 6.78. The zero-order chi connectivity index (χ0) is 17.5. The lowest BCUT2D eigenvalue weighted by atomic mass is 10.0. The van der Waals surface area contributed by atoms with Crippen LogP contribution < -0.4 is 0 Å². The zero-order valence-corrected chi connectivity index (χ0v) is 14.7. The highest BCUT2D eigenvalue weighted by Crippen LogP contribution is 2.38. The quantitative estimate of drug-likeness (QED) is 0.318. The van der Waals surface area contributed by atoms with E-state index in [1.165, 1.54) is 5.56 Å². The molecule has 0 aliphatic rings. The Kier molecular flexibility index (Phi) is 3.55. The van der Waals surface area contributed by atoms with Gasteiger partial charge in [-0.2, -0.15) is 0 Å². The minimum atomic E-state index is 0.715. The van der Waals surface area contributed by atoms with Crippen molar-refractivity contribution >= 4 is 33.5 Å². The van der Waals surface area contributed by atoms with Gasteiger partial charge in [0.15, 0.2) is 0 Å². The molecule has 0 radical (unpaired) electrons.